The Labute approximate surface area is 175 Å². The van der Waals surface area contributed by atoms with Crippen LogP contribution in [0.5, 0.6) is 5.75 Å². The second-order valence-corrected chi connectivity index (χ2v) is 6.76. The van der Waals surface area contributed by atoms with Crippen LogP contribution in [0, 0.1) is 6.92 Å². The second-order valence-electron chi connectivity index (χ2n) is 6.76. The summed E-state index contributed by atoms with van der Waals surface area (Å²) in [6.45, 7) is 0.929. The summed E-state index contributed by atoms with van der Waals surface area (Å²) in [5.41, 5.74) is 2.24. The molecule has 0 aromatic heterocycles. The first-order chi connectivity index (χ1) is 14.6. The van der Waals surface area contributed by atoms with Crippen LogP contribution in [0.3, 0.4) is 0 Å². The van der Waals surface area contributed by atoms with Gasteiger partial charge in [-0.3, -0.25) is 4.79 Å². The van der Waals surface area contributed by atoms with E-state index in [0.29, 0.717) is 16.9 Å². The van der Waals surface area contributed by atoms with Crippen molar-refractivity contribution in [3.05, 3.63) is 53.6 Å². The van der Waals surface area contributed by atoms with Gasteiger partial charge in [-0.2, -0.15) is 4.90 Å². The van der Waals surface area contributed by atoms with Crippen LogP contribution in [-0.2, 0) is 11.3 Å². The lowest BCUT2D eigenvalue weighted by Crippen LogP contribution is -2.43. The number of urea groups is 2. The van der Waals surface area contributed by atoms with Crippen LogP contribution >= 0.6 is 0 Å². The number of hydrogen-bond acceptors (Lipinski definition) is 4. The van der Waals surface area contributed by atoms with Gasteiger partial charge in [0.15, 0.2) is 0 Å². The Bertz CT molecular complexity index is 1030. The van der Waals surface area contributed by atoms with Crippen molar-refractivity contribution in [2.24, 2.45) is 0 Å². The van der Waals surface area contributed by atoms with Gasteiger partial charge in [-0.05, 0) is 36.2 Å². The number of carbonyl (C=O) groups is 3. The minimum Gasteiger partial charge on any atom is -0.495 e. The number of hydrogen-bond donors (Lipinski definition) is 2. The SMILES string of the molecule is COc1cc(CN2CC(=O)N(C(F)(F)F)C2=O)ccc1NC(=O)Nc1ccccc1C. The fourth-order valence-corrected chi connectivity index (χ4v) is 3.07. The van der Waals surface area contributed by atoms with Crippen LogP contribution in [0.2, 0.25) is 0 Å². The number of aryl methyl sites for hydroxylation is 1. The number of nitrogens with one attached hydrogen (secondary N) is 2. The molecule has 8 nitrogen and oxygen atoms in total. The zero-order chi connectivity index (χ0) is 22.8. The molecule has 0 atom stereocenters. The largest absolute Gasteiger partial charge is 0.495 e. The molecule has 0 unspecified atom stereocenters. The van der Waals surface area contributed by atoms with E-state index < -0.39 is 35.7 Å². The van der Waals surface area contributed by atoms with Gasteiger partial charge in [0.2, 0.25) is 0 Å². The molecule has 1 heterocycles. The first kappa shape index (κ1) is 21.9. The number of rotatable bonds is 5. The summed E-state index contributed by atoms with van der Waals surface area (Å²) in [7, 11) is 1.36. The third-order valence-electron chi connectivity index (χ3n) is 4.57. The van der Waals surface area contributed by atoms with Gasteiger partial charge in [0.1, 0.15) is 12.3 Å². The molecular weight excluding hydrogens is 417 g/mol. The highest BCUT2D eigenvalue weighted by atomic mass is 19.4. The molecule has 1 aliphatic heterocycles. The van der Waals surface area contributed by atoms with Crippen LogP contribution < -0.4 is 15.4 Å². The van der Waals surface area contributed by atoms with Crippen molar-refractivity contribution < 1.29 is 32.3 Å². The van der Waals surface area contributed by atoms with Gasteiger partial charge < -0.3 is 20.3 Å². The topological polar surface area (TPSA) is 91.0 Å². The average Bonchev–Trinajstić information content (AvgIpc) is 2.98. The van der Waals surface area contributed by atoms with E-state index in [4.69, 9.17) is 4.74 Å². The molecule has 1 fully saturated rings. The summed E-state index contributed by atoms with van der Waals surface area (Å²) in [6, 6.07) is 9.74. The molecule has 11 heteroatoms. The number of amides is 5. The van der Waals surface area contributed by atoms with E-state index in [9.17, 15) is 27.6 Å². The number of alkyl halides is 3. The van der Waals surface area contributed by atoms with E-state index >= 15 is 0 Å². The van der Waals surface area contributed by atoms with E-state index in [1.54, 1.807) is 12.1 Å². The highest BCUT2D eigenvalue weighted by Crippen LogP contribution is 2.30. The zero-order valence-corrected chi connectivity index (χ0v) is 16.6. The van der Waals surface area contributed by atoms with Gasteiger partial charge in [-0.25, -0.2) is 9.59 Å². The smallest absolute Gasteiger partial charge is 0.495 e. The minimum atomic E-state index is -5.07. The van der Waals surface area contributed by atoms with Gasteiger partial charge in [0.05, 0.1) is 12.8 Å². The summed E-state index contributed by atoms with van der Waals surface area (Å²) in [6.07, 6.45) is -5.07. The number of imide groups is 1. The van der Waals surface area contributed by atoms with E-state index in [1.165, 1.54) is 25.3 Å². The van der Waals surface area contributed by atoms with Crippen molar-refractivity contribution in [3.8, 4) is 5.75 Å². The van der Waals surface area contributed by atoms with Gasteiger partial charge in [-0.15, -0.1) is 13.2 Å². The quantitative estimate of drug-likeness (QED) is 0.549. The lowest BCUT2D eigenvalue weighted by Gasteiger charge is -2.19. The Morgan fingerprint density at radius 3 is 2.39 bits per heavy atom. The highest BCUT2D eigenvalue weighted by molar-refractivity contribution is 6.02. The predicted octanol–water partition coefficient (Wildman–Crippen LogP) is 3.93. The molecule has 0 radical (unpaired) electrons. The van der Waals surface area contributed by atoms with Gasteiger partial charge in [0.25, 0.3) is 5.91 Å². The van der Waals surface area contributed by atoms with Crippen LogP contribution in [0.25, 0.3) is 0 Å². The van der Waals surface area contributed by atoms with E-state index in [1.807, 2.05) is 19.1 Å². The van der Waals surface area contributed by atoms with Gasteiger partial charge in [0, 0.05) is 12.2 Å². The van der Waals surface area contributed by atoms with Crippen LogP contribution in [0.4, 0.5) is 34.1 Å². The molecule has 164 valence electrons. The van der Waals surface area contributed by atoms with E-state index in [2.05, 4.69) is 10.6 Å². The molecule has 3 rings (SSSR count). The fourth-order valence-electron chi connectivity index (χ4n) is 3.07. The monoisotopic (exact) mass is 436 g/mol. The molecule has 2 N–H and O–H groups in total. The lowest BCUT2D eigenvalue weighted by atomic mass is 10.1. The Kier molecular flexibility index (Phi) is 6.04. The maximum atomic E-state index is 12.8. The van der Waals surface area contributed by atoms with Crippen molar-refractivity contribution in [3.63, 3.8) is 0 Å². The normalized spacial score (nSPS) is 14.1. The van der Waals surface area contributed by atoms with Crippen LogP contribution in [0.1, 0.15) is 11.1 Å². The second kappa shape index (κ2) is 8.54. The van der Waals surface area contributed by atoms with E-state index in [-0.39, 0.29) is 12.3 Å². The third-order valence-corrected chi connectivity index (χ3v) is 4.57. The molecule has 2 aromatic rings. The molecule has 1 saturated heterocycles. The molecular formula is C20H19F3N4O4. The summed E-state index contributed by atoms with van der Waals surface area (Å²) >= 11 is 0. The minimum absolute atomic E-state index is 0.233. The fraction of sp³-hybridized carbons (Fsp3) is 0.250. The zero-order valence-electron chi connectivity index (χ0n) is 16.6. The van der Waals surface area contributed by atoms with Crippen molar-refractivity contribution in [1.82, 2.24) is 9.80 Å². The Balaban J connectivity index is 1.70. The van der Waals surface area contributed by atoms with Gasteiger partial charge >= 0.3 is 18.4 Å². The Hall–Kier alpha value is -3.76. The average molecular weight is 436 g/mol. The van der Waals surface area contributed by atoms with Crippen molar-refractivity contribution in [2.75, 3.05) is 24.3 Å². The molecule has 2 aromatic carbocycles. The maximum absolute atomic E-state index is 12.8. The molecule has 0 bridgehead atoms. The Morgan fingerprint density at radius 2 is 1.77 bits per heavy atom. The van der Waals surface area contributed by atoms with Crippen molar-refractivity contribution in [1.29, 1.82) is 0 Å². The summed E-state index contributed by atoms with van der Waals surface area (Å²) in [4.78, 5) is 35.9. The number of halogens is 3. The molecule has 31 heavy (non-hydrogen) atoms. The standard InChI is InChI=1S/C20H19F3N4O4/c1-12-5-3-4-6-14(12)24-18(29)25-15-8-7-13(9-16(15)31-2)10-26-11-17(28)27(19(26)30)20(21,22)23/h3-9H,10-11H2,1-2H3,(H2,24,25,29). The molecule has 5 amide bonds. The molecule has 0 spiro atoms. The lowest BCUT2D eigenvalue weighted by molar-refractivity contribution is -0.218. The summed E-state index contributed by atoms with van der Waals surface area (Å²) in [5.74, 6) is -1.10. The first-order valence-corrected chi connectivity index (χ1v) is 9.09. The molecule has 1 aliphatic rings. The maximum Gasteiger partial charge on any atom is 0.495 e. The van der Waals surface area contributed by atoms with Crippen molar-refractivity contribution >= 4 is 29.3 Å². The third kappa shape index (κ3) is 4.87. The first-order valence-electron chi connectivity index (χ1n) is 9.09. The number of methoxy groups -OCH3 is 1. The predicted molar refractivity (Wildman–Crippen MR) is 106 cm³/mol. The molecule has 0 saturated carbocycles. The van der Waals surface area contributed by atoms with Crippen molar-refractivity contribution in [2.45, 2.75) is 19.8 Å². The number of anilines is 2. The summed E-state index contributed by atoms with van der Waals surface area (Å²) < 4.78 is 43.8. The number of ether oxygens (including phenoxy) is 1. The number of benzene rings is 2. The van der Waals surface area contributed by atoms with Gasteiger partial charge in [-0.1, -0.05) is 24.3 Å². The summed E-state index contributed by atoms with van der Waals surface area (Å²) in [5, 5.41) is 5.34. The highest BCUT2D eigenvalue weighted by Gasteiger charge is 2.52. The van der Waals surface area contributed by atoms with Crippen LogP contribution in [-0.4, -0.2) is 47.7 Å². The van der Waals surface area contributed by atoms with E-state index in [0.717, 1.165) is 10.5 Å². The Morgan fingerprint density at radius 1 is 1.10 bits per heavy atom. The number of nitrogens with zero attached hydrogens (tertiary/aromatic N) is 2. The number of para-hydroxylation sites is 1. The van der Waals surface area contributed by atoms with Crippen LogP contribution in [0.15, 0.2) is 42.5 Å². The number of carbonyl (C=O) groups excluding carboxylic acids is 3. The molecule has 0 aliphatic carbocycles.